The highest BCUT2D eigenvalue weighted by atomic mass is 15.1. The minimum atomic E-state index is 0.687. The highest BCUT2D eigenvalue weighted by Gasteiger charge is 2.14. The van der Waals surface area contributed by atoms with Gasteiger partial charge in [0, 0.05) is 13.1 Å². The summed E-state index contributed by atoms with van der Waals surface area (Å²) in [6, 6.07) is 6.44. The molecule has 0 aromatic carbocycles. The fourth-order valence-corrected chi connectivity index (χ4v) is 2.91. The van der Waals surface area contributed by atoms with Crippen LogP contribution in [-0.2, 0) is 13.1 Å². The standard InChI is InChI=1S/C18H31N3/c1-15(2)12-19-13-17-7-4-8-18(20-17)14-21-10-5-6-16(3)9-11-21/h4,7-8,15-16,19H,5-6,9-14H2,1-3H3. The predicted octanol–water partition coefficient (Wildman–Crippen LogP) is 3.45. The monoisotopic (exact) mass is 289 g/mol. The van der Waals surface area contributed by atoms with E-state index in [-0.39, 0.29) is 0 Å². The van der Waals surface area contributed by atoms with Gasteiger partial charge >= 0.3 is 0 Å². The Balaban J connectivity index is 1.85. The van der Waals surface area contributed by atoms with Gasteiger partial charge in [-0.2, -0.15) is 0 Å². The average Bonchev–Trinajstić information content (AvgIpc) is 2.64. The Labute approximate surface area is 130 Å². The quantitative estimate of drug-likeness (QED) is 0.869. The number of pyridine rings is 1. The zero-order valence-corrected chi connectivity index (χ0v) is 13.9. The molecule has 2 heterocycles. The molecule has 1 atom stereocenters. The van der Waals surface area contributed by atoms with Crippen LogP contribution in [0.15, 0.2) is 18.2 Å². The summed E-state index contributed by atoms with van der Waals surface area (Å²) < 4.78 is 0. The van der Waals surface area contributed by atoms with Gasteiger partial charge < -0.3 is 5.32 Å². The molecule has 1 aliphatic heterocycles. The van der Waals surface area contributed by atoms with E-state index < -0.39 is 0 Å². The SMILES string of the molecule is CC(C)CNCc1cccc(CN2CCCC(C)CC2)n1. The third-order valence-electron chi connectivity index (χ3n) is 4.22. The van der Waals surface area contributed by atoms with E-state index in [9.17, 15) is 0 Å². The number of nitrogens with one attached hydrogen (secondary N) is 1. The molecule has 1 aromatic rings. The first kappa shape index (κ1) is 16.4. The Hall–Kier alpha value is -0.930. The van der Waals surface area contributed by atoms with Gasteiger partial charge in [-0.25, -0.2) is 0 Å². The summed E-state index contributed by atoms with van der Waals surface area (Å²) in [5.41, 5.74) is 2.38. The Morgan fingerprint density at radius 1 is 1.24 bits per heavy atom. The number of rotatable bonds is 6. The molecular weight excluding hydrogens is 258 g/mol. The Kier molecular flexibility index (Phi) is 6.65. The largest absolute Gasteiger partial charge is 0.311 e. The summed E-state index contributed by atoms with van der Waals surface area (Å²) in [4.78, 5) is 7.38. The molecule has 2 rings (SSSR count). The molecule has 1 aliphatic rings. The summed E-state index contributed by atoms with van der Waals surface area (Å²) >= 11 is 0. The number of nitrogens with zero attached hydrogens (tertiary/aromatic N) is 2. The number of likely N-dealkylation sites (tertiary alicyclic amines) is 1. The van der Waals surface area contributed by atoms with Crippen LogP contribution in [0, 0.1) is 11.8 Å². The fraction of sp³-hybridized carbons (Fsp3) is 0.722. The number of hydrogen-bond donors (Lipinski definition) is 1. The van der Waals surface area contributed by atoms with Gasteiger partial charge in [0.2, 0.25) is 0 Å². The topological polar surface area (TPSA) is 28.2 Å². The van der Waals surface area contributed by atoms with Gasteiger partial charge in [-0.1, -0.05) is 26.8 Å². The number of hydrogen-bond acceptors (Lipinski definition) is 3. The second-order valence-electron chi connectivity index (χ2n) is 6.96. The lowest BCUT2D eigenvalue weighted by Crippen LogP contribution is -2.25. The third kappa shape index (κ3) is 6.15. The highest BCUT2D eigenvalue weighted by molar-refractivity contribution is 5.11. The Morgan fingerprint density at radius 2 is 2.05 bits per heavy atom. The summed E-state index contributed by atoms with van der Waals surface area (Å²) in [5.74, 6) is 1.57. The predicted molar refractivity (Wildman–Crippen MR) is 89.1 cm³/mol. The van der Waals surface area contributed by atoms with Gasteiger partial charge in [0.15, 0.2) is 0 Å². The minimum absolute atomic E-state index is 0.687. The van der Waals surface area contributed by atoms with Crippen molar-refractivity contribution in [1.29, 1.82) is 0 Å². The average molecular weight is 289 g/mol. The molecular formula is C18H31N3. The second-order valence-corrected chi connectivity index (χ2v) is 6.96. The van der Waals surface area contributed by atoms with Crippen molar-refractivity contribution in [3.63, 3.8) is 0 Å². The van der Waals surface area contributed by atoms with E-state index in [0.717, 1.165) is 31.2 Å². The van der Waals surface area contributed by atoms with Crippen molar-refractivity contribution >= 4 is 0 Å². The fourth-order valence-electron chi connectivity index (χ4n) is 2.91. The van der Waals surface area contributed by atoms with E-state index in [1.807, 2.05) is 0 Å². The normalized spacial score (nSPS) is 20.7. The van der Waals surface area contributed by atoms with Crippen molar-refractivity contribution in [3.8, 4) is 0 Å². The van der Waals surface area contributed by atoms with E-state index in [1.165, 1.54) is 38.0 Å². The van der Waals surface area contributed by atoms with E-state index >= 15 is 0 Å². The van der Waals surface area contributed by atoms with Gasteiger partial charge in [-0.15, -0.1) is 0 Å². The zero-order chi connectivity index (χ0) is 15.1. The Morgan fingerprint density at radius 3 is 2.86 bits per heavy atom. The summed E-state index contributed by atoms with van der Waals surface area (Å²) in [5, 5.41) is 3.47. The lowest BCUT2D eigenvalue weighted by molar-refractivity contribution is 0.270. The molecule has 1 unspecified atom stereocenters. The molecule has 1 fully saturated rings. The van der Waals surface area contributed by atoms with Crippen LogP contribution >= 0.6 is 0 Å². The van der Waals surface area contributed by atoms with Crippen molar-refractivity contribution in [2.75, 3.05) is 19.6 Å². The zero-order valence-electron chi connectivity index (χ0n) is 13.9. The maximum Gasteiger partial charge on any atom is 0.0547 e. The van der Waals surface area contributed by atoms with Crippen molar-refractivity contribution in [2.45, 2.75) is 53.1 Å². The molecule has 3 heteroatoms. The molecule has 21 heavy (non-hydrogen) atoms. The molecule has 1 aromatic heterocycles. The van der Waals surface area contributed by atoms with Gasteiger partial charge in [0.25, 0.3) is 0 Å². The molecule has 0 aliphatic carbocycles. The van der Waals surface area contributed by atoms with Crippen LogP contribution < -0.4 is 5.32 Å². The Bertz CT molecular complexity index is 417. The molecule has 1 N–H and O–H groups in total. The maximum absolute atomic E-state index is 4.81. The van der Waals surface area contributed by atoms with Crippen LogP contribution in [0.5, 0.6) is 0 Å². The van der Waals surface area contributed by atoms with Crippen molar-refractivity contribution in [2.24, 2.45) is 11.8 Å². The highest BCUT2D eigenvalue weighted by Crippen LogP contribution is 2.17. The van der Waals surface area contributed by atoms with Crippen LogP contribution in [0.2, 0.25) is 0 Å². The van der Waals surface area contributed by atoms with Crippen LogP contribution in [0.25, 0.3) is 0 Å². The van der Waals surface area contributed by atoms with E-state index in [0.29, 0.717) is 5.92 Å². The molecule has 0 bridgehead atoms. The van der Waals surface area contributed by atoms with E-state index in [4.69, 9.17) is 4.98 Å². The van der Waals surface area contributed by atoms with Crippen molar-refractivity contribution in [3.05, 3.63) is 29.6 Å². The first-order valence-electron chi connectivity index (χ1n) is 8.51. The lowest BCUT2D eigenvalue weighted by Gasteiger charge is -2.19. The van der Waals surface area contributed by atoms with Gasteiger partial charge in [-0.05, 0) is 62.9 Å². The molecule has 0 amide bonds. The molecule has 118 valence electrons. The van der Waals surface area contributed by atoms with Crippen LogP contribution in [-0.4, -0.2) is 29.5 Å². The van der Waals surface area contributed by atoms with Gasteiger partial charge in [0.05, 0.1) is 11.4 Å². The van der Waals surface area contributed by atoms with Crippen LogP contribution in [0.3, 0.4) is 0 Å². The summed E-state index contributed by atoms with van der Waals surface area (Å²) in [7, 11) is 0. The molecule has 3 nitrogen and oxygen atoms in total. The van der Waals surface area contributed by atoms with Gasteiger partial charge in [-0.3, -0.25) is 9.88 Å². The van der Waals surface area contributed by atoms with E-state index in [1.54, 1.807) is 0 Å². The smallest absolute Gasteiger partial charge is 0.0547 e. The second kappa shape index (κ2) is 8.50. The van der Waals surface area contributed by atoms with Crippen LogP contribution in [0.4, 0.5) is 0 Å². The summed E-state index contributed by atoms with van der Waals surface area (Å²) in [6.07, 6.45) is 4.04. The first-order chi connectivity index (χ1) is 10.1. The molecule has 1 saturated heterocycles. The molecule has 0 spiro atoms. The molecule has 0 radical (unpaired) electrons. The van der Waals surface area contributed by atoms with E-state index in [2.05, 4.69) is 49.2 Å². The lowest BCUT2D eigenvalue weighted by atomic mass is 10.0. The number of aromatic nitrogens is 1. The minimum Gasteiger partial charge on any atom is -0.311 e. The first-order valence-corrected chi connectivity index (χ1v) is 8.51. The van der Waals surface area contributed by atoms with Gasteiger partial charge in [0.1, 0.15) is 0 Å². The third-order valence-corrected chi connectivity index (χ3v) is 4.22. The molecule has 0 saturated carbocycles. The van der Waals surface area contributed by atoms with Crippen molar-refractivity contribution < 1.29 is 0 Å². The van der Waals surface area contributed by atoms with Crippen LogP contribution in [0.1, 0.15) is 51.4 Å². The summed E-state index contributed by atoms with van der Waals surface area (Å²) in [6.45, 7) is 12.2. The maximum atomic E-state index is 4.81. The van der Waals surface area contributed by atoms with Crippen molar-refractivity contribution in [1.82, 2.24) is 15.2 Å².